The summed E-state index contributed by atoms with van der Waals surface area (Å²) in [6, 6.07) is 19.8. The lowest BCUT2D eigenvalue weighted by atomic mass is 9.90. The second-order valence-corrected chi connectivity index (χ2v) is 5.77. The minimum atomic E-state index is -1.08. The van der Waals surface area contributed by atoms with Gasteiger partial charge in [-0.25, -0.2) is 0 Å². The van der Waals surface area contributed by atoms with E-state index in [1.807, 2.05) is 60.7 Å². The molecule has 6 heteroatoms. The van der Waals surface area contributed by atoms with Crippen LogP contribution in [0.5, 0.6) is 0 Å². The van der Waals surface area contributed by atoms with Gasteiger partial charge >= 0.3 is 11.9 Å². The molecule has 26 heavy (non-hydrogen) atoms. The summed E-state index contributed by atoms with van der Waals surface area (Å²) in [7, 11) is 3.59. The van der Waals surface area contributed by atoms with E-state index in [4.69, 9.17) is 10.2 Å². The molecule has 0 unspecified atom stereocenters. The molecule has 0 saturated heterocycles. The van der Waals surface area contributed by atoms with Crippen LogP contribution >= 0.6 is 0 Å². The van der Waals surface area contributed by atoms with Crippen LogP contribution in [0.25, 0.3) is 0 Å². The lowest BCUT2D eigenvalue weighted by Crippen LogP contribution is -2.28. The zero-order chi connectivity index (χ0) is 19.5. The molecule has 2 aromatic carbocycles. The smallest absolute Gasteiger partial charge is 0.303 e. The molecular formula is C20H23NO5. The number of carbonyl (C=O) groups excluding carboxylic acids is 1. The quantitative estimate of drug-likeness (QED) is 0.829. The molecule has 0 heterocycles. The van der Waals surface area contributed by atoms with E-state index < -0.39 is 11.9 Å². The number of benzene rings is 2. The van der Waals surface area contributed by atoms with E-state index in [1.165, 1.54) is 0 Å². The molecule has 0 fully saturated rings. The third-order valence-electron chi connectivity index (χ3n) is 3.51. The highest BCUT2D eigenvalue weighted by Gasteiger charge is 2.23. The molecule has 6 nitrogen and oxygen atoms in total. The highest BCUT2D eigenvalue weighted by atomic mass is 16.4. The number of amides is 1. The number of aliphatic carboxylic acids is 2. The number of likely N-dealkylation sites (N-methyl/N-ethyl adjacent to an activating group) is 1. The van der Waals surface area contributed by atoms with E-state index in [1.54, 1.807) is 19.0 Å². The Morgan fingerprint density at radius 1 is 0.769 bits per heavy atom. The molecule has 0 atom stereocenters. The minimum Gasteiger partial charge on any atom is -0.481 e. The van der Waals surface area contributed by atoms with Crippen molar-refractivity contribution in [1.29, 1.82) is 0 Å². The zero-order valence-electron chi connectivity index (χ0n) is 14.8. The summed E-state index contributed by atoms with van der Waals surface area (Å²) in [4.78, 5) is 33.3. The summed E-state index contributed by atoms with van der Waals surface area (Å²) >= 11 is 0. The van der Waals surface area contributed by atoms with Crippen LogP contribution in [0, 0.1) is 0 Å². The van der Waals surface area contributed by atoms with Crippen LogP contribution in [-0.2, 0) is 14.4 Å². The fourth-order valence-electron chi connectivity index (χ4n) is 2.24. The second-order valence-electron chi connectivity index (χ2n) is 5.77. The Kier molecular flexibility index (Phi) is 8.57. The fourth-order valence-corrected chi connectivity index (χ4v) is 2.24. The number of carboxylic acid groups (broad SMARTS) is 2. The van der Waals surface area contributed by atoms with E-state index in [0.717, 1.165) is 11.1 Å². The van der Waals surface area contributed by atoms with Gasteiger partial charge in [0.1, 0.15) is 0 Å². The molecule has 0 aliphatic carbocycles. The van der Waals surface area contributed by atoms with Crippen molar-refractivity contribution in [1.82, 2.24) is 4.90 Å². The van der Waals surface area contributed by atoms with Gasteiger partial charge in [0.25, 0.3) is 0 Å². The lowest BCUT2D eigenvalue weighted by Gasteiger charge is -2.21. The van der Waals surface area contributed by atoms with Crippen LogP contribution in [0.15, 0.2) is 60.7 Å². The molecule has 0 radical (unpaired) electrons. The zero-order valence-corrected chi connectivity index (χ0v) is 14.8. The van der Waals surface area contributed by atoms with Crippen LogP contribution in [0.3, 0.4) is 0 Å². The van der Waals surface area contributed by atoms with E-state index in [2.05, 4.69) is 0 Å². The molecule has 2 aromatic rings. The monoisotopic (exact) mass is 357 g/mol. The second kappa shape index (κ2) is 10.7. The van der Waals surface area contributed by atoms with E-state index in [0.29, 0.717) is 0 Å². The van der Waals surface area contributed by atoms with Crippen molar-refractivity contribution in [2.45, 2.75) is 18.8 Å². The van der Waals surface area contributed by atoms with E-state index in [9.17, 15) is 14.4 Å². The summed E-state index contributed by atoms with van der Waals surface area (Å²) < 4.78 is 0. The van der Waals surface area contributed by atoms with Crippen LogP contribution in [-0.4, -0.2) is 47.1 Å². The molecule has 0 aromatic heterocycles. The molecular weight excluding hydrogens is 334 g/mol. The first kappa shape index (κ1) is 20.9. The van der Waals surface area contributed by atoms with Gasteiger partial charge in [0.2, 0.25) is 5.91 Å². The molecule has 0 spiro atoms. The first-order valence-electron chi connectivity index (χ1n) is 8.07. The average Bonchev–Trinajstić information content (AvgIpc) is 2.62. The maximum atomic E-state index is 12.4. The molecule has 2 rings (SSSR count). The third kappa shape index (κ3) is 7.17. The maximum Gasteiger partial charge on any atom is 0.303 e. The van der Waals surface area contributed by atoms with Crippen molar-refractivity contribution in [3.05, 3.63) is 71.8 Å². The predicted octanol–water partition coefficient (Wildman–Crippen LogP) is 2.84. The van der Waals surface area contributed by atoms with Gasteiger partial charge in [-0.1, -0.05) is 60.7 Å². The maximum absolute atomic E-state index is 12.4. The number of hydrogen-bond acceptors (Lipinski definition) is 3. The predicted molar refractivity (Wildman–Crippen MR) is 97.9 cm³/mol. The largest absolute Gasteiger partial charge is 0.481 e. The Balaban J connectivity index is 0.000000359. The molecule has 2 N–H and O–H groups in total. The highest BCUT2D eigenvalue weighted by Crippen LogP contribution is 2.25. The lowest BCUT2D eigenvalue weighted by molar-refractivity contribution is -0.143. The van der Waals surface area contributed by atoms with Gasteiger partial charge in [-0.3, -0.25) is 14.4 Å². The Morgan fingerprint density at radius 3 is 1.38 bits per heavy atom. The normalized spacial score (nSPS) is 9.81. The molecule has 0 aliphatic rings. The van der Waals surface area contributed by atoms with Crippen LogP contribution in [0.2, 0.25) is 0 Å². The summed E-state index contributed by atoms with van der Waals surface area (Å²) in [5, 5.41) is 15.8. The van der Waals surface area contributed by atoms with Gasteiger partial charge in [-0.05, 0) is 11.1 Å². The molecule has 0 bridgehead atoms. The standard InChI is InChI=1S/C16H17NO.C4H6O4/c1-17(2)16(18)15(13-9-5-3-6-10-13)14-11-7-4-8-12-14;5-3(6)1-2-4(7)8/h3-12,15H,1-2H3;1-2H2,(H,5,6)(H,7,8). The topological polar surface area (TPSA) is 94.9 Å². The van der Waals surface area contributed by atoms with Crippen LogP contribution in [0.1, 0.15) is 29.9 Å². The first-order valence-corrected chi connectivity index (χ1v) is 8.07. The van der Waals surface area contributed by atoms with Gasteiger partial charge in [0, 0.05) is 14.1 Å². The van der Waals surface area contributed by atoms with E-state index >= 15 is 0 Å². The third-order valence-corrected chi connectivity index (χ3v) is 3.51. The Morgan fingerprint density at radius 2 is 1.12 bits per heavy atom. The Hall–Kier alpha value is -3.15. The first-order chi connectivity index (χ1) is 12.3. The van der Waals surface area contributed by atoms with Crippen molar-refractivity contribution in [3.63, 3.8) is 0 Å². The number of nitrogens with zero attached hydrogens (tertiary/aromatic N) is 1. The summed E-state index contributed by atoms with van der Waals surface area (Å²) in [6.07, 6.45) is -0.593. The number of carboxylic acids is 2. The molecule has 138 valence electrons. The van der Waals surface area contributed by atoms with Gasteiger partial charge in [0.15, 0.2) is 0 Å². The van der Waals surface area contributed by atoms with Gasteiger partial charge in [-0.15, -0.1) is 0 Å². The summed E-state index contributed by atoms with van der Waals surface area (Å²) in [5.74, 6) is -2.27. The van der Waals surface area contributed by atoms with Crippen molar-refractivity contribution >= 4 is 17.8 Å². The van der Waals surface area contributed by atoms with Gasteiger partial charge in [-0.2, -0.15) is 0 Å². The Bertz CT molecular complexity index is 660. The fraction of sp³-hybridized carbons (Fsp3) is 0.250. The van der Waals surface area contributed by atoms with Gasteiger partial charge < -0.3 is 15.1 Å². The van der Waals surface area contributed by atoms with E-state index in [-0.39, 0.29) is 24.7 Å². The number of hydrogen-bond donors (Lipinski definition) is 2. The summed E-state index contributed by atoms with van der Waals surface area (Å²) in [5.41, 5.74) is 2.06. The van der Waals surface area contributed by atoms with Gasteiger partial charge in [0.05, 0.1) is 18.8 Å². The Labute approximate surface area is 152 Å². The highest BCUT2D eigenvalue weighted by molar-refractivity contribution is 5.86. The van der Waals surface area contributed by atoms with Crippen molar-refractivity contribution in [2.24, 2.45) is 0 Å². The minimum absolute atomic E-state index is 0.104. The van der Waals surface area contributed by atoms with Crippen molar-refractivity contribution in [3.8, 4) is 0 Å². The summed E-state index contributed by atoms with van der Waals surface area (Å²) in [6.45, 7) is 0. The van der Waals surface area contributed by atoms with Crippen molar-refractivity contribution in [2.75, 3.05) is 14.1 Å². The van der Waals surface area contributed by atoms with Crippen LogP contribution < -0.4 is 0 Å². The SMILES string of the molecule is CN(C)C(=O)C(c1ccccc1)c1ccccc1.O=C(O)CCC(=O)O. The number of rotatable bonds is 6. The molecule has 1 amide bonds. The van der Waals surface area contributed by atoms with Crippen LogP contribution in [0.4, 0.5) is 0 Å². The number of carbonyl (C=O) groups is 3. The molecule has 0 saturated carbocycles. The average molecular weight is 357 g/mol. The molecule has 0 aliphatic heterocycles. The van der Waals surface area contributed by atoms with Crippen molar-refractivity contribution < 1.29 is 24.6 Å².